The minimum atomic E-state index is -0.178. The molecule has 2 heterocycles. The zero-order valence-corrected chi connectivity index (χ0v) is 16.6. The second kappa shape index (κ2) is 8.77. The maximum atomic E-state index is 12.6. The van der Waals surface area contributed by atoms with Crippen LogP contribution in [-0.4, -0.2) is 59.8 Å². The number of amides is 1. The third-order valence-corrected chi connectivity index (χ3v) is 5.49. The number of benzene rings is 1. The Morgan fingerprint density at radius 1 is 1.44 bits per heavy atom. The number of fused-ring (bicyclic) bond motifs is 1. The van der Waals surface area contributed by atoms with E-state index in [1.807, 2.05) is 0 Å². The van der Waals surface area contributed by atoms with Gasteiger partial charge in [-0.15, -0.1) is 0 Å². The zero-order chi connectivity index (χ0) is 19.4. The first kappa shape index (κ1) is 19.7. The van der Waals surface area contributed by atoms with E-state index in [4.69, 9.17) is 17.0 Å². The maximum Gasteiger partial charge on any atom is 0.262 e. The molecule has 0 saturated carbocycles. The van der Waals surface area contributed by atoms with Crippen LogP contribution in [0.15, 0.2) is 23.0 Å². The SMILES string of the molecule is CCN1CCCC1CNC(=O)c1ccc2c(=O)n(CCOC)c(=S)[nH]c2c1. The van der Waals surface area contributed by atoms with Gasteiger partial charge in [0.05, 0.1) is 24.1 Å². The molecule has 8 heteroatoms. The fourth-order valence-corrected chi connectivity index (χ4v) is 3.92. The lowest BCUT2D eigenvalue weighted by molar-refractivity contribution is 0.0941. The summed E-state index contributed by atoms with van der Waals surface area (Å²) in [5.41, 5.74) is 0.910. The monoisotopic (exact) mass is 390 g/mol. The number of hydrogen-bond acceptors (Lipinski definition) is 5. The first-order chi connectivity index (χ1) is 13.0. The molecule has 0 radical (unpaired) electrons. The molecule has 3 rings (SSSR count). The molecule has 0 bridgehead atoms. The zero-order valence-electron chi connectivity index (χ0n) is 15.8. The smallest absolute Gasteiger partial charge is 0.262 e. The highest BCUT2D eigenvalue weighted by Gasteiger charge is 2.23. The highest BCUT2D eigenvalue weighted by atomic mass is 32.1. The normalized spacial score (nSPS) is 17.5. The third kappa shape index (κ3) is 4.28. The number of likely N-dealkylation sites (tertiary alicyclic amines) is 1. The van der Waals surface area contributed by atoms with Gasteiger partial charge in [-0.25, -0.2) is 0 Å². The molecule has 1 aliphatic heterocycles. The van der Waals surface area contributed by atoms with Gasteiger partial charge in [0.15, 0.2) is 4.77 Å². The topological polar surface area (TPSA) is 79.4 Å². The third-order valence-electron chi connectivity index (χ3n) is 5.17. The first-order valence-electron chi connectivity index (χ1n) is 9.33. The molecule has 1 aromatic heterocycles. The molecule has 1 saturated heterocycles. The van der Waals surface area contributed by atoms with Crippen LogP contribution >= 0.6 is 12.2 Å². The minimum absolute atomic E-state index is 0.136. The molecule has 2 aromatic rings. The van der Waals surface area contributed by atoms with Crippen molar-refractivity contribution in [1.29, 1.82) is 0 Å². The standard InChI is InChI=1S/C19H26N4O3S/c1-3-22-8-4-5-14(22)12-20-17(24)13-6-7-15-16(11-13)21-19(27)23(18(15)25)9-10-26-2/h6-7,11,14H,3-5,8-10,12H2,1-2H3,(H,20,24)(H,21,27). The van der Waals surface area contributed by atoms with Crippen LogP contribution in [0.3, 0.4) is 0 Å². The first-order valence-corrected chi connectivity index (χ1v) is 9.74. The number of rotatable bonds is 7. The number of hydrogen-bond donors (Lipinski definition) is 2. The van der Waals surface area contributed by atoms with Crippen LogP contribution in [0.2, 0.25) is 0 Å². The van der Waals surface area contributed by atoms with Gasteiger partial charge in [-0.05, 0) is 56.3 Å². The van der Waals surface area contributed by atoms with Crippen LogP contribution in [0.25, 0.3) is 10.9 Å². The van der Waals surface area contributed by atoms with E-state index in [0.29, 0.717) is 47.0 Å². The van der Waals surface area contributed by atoms with Crippen molar-refractivity contribution < 1.29 is 9.53 Å². The maximum absolute atomic E-state index is 12.6. The molecule has 1 atom stereocenters. The van der Waals surface area contributed by atoms with E-state index in [1.54, 1.807) is 25.3 Å². The van der Waals surface area contributed by atoms with Crippen molar-refractivity contribution in [2.24, 2.45) is 0 Å². The number of carbonyl (C=O) groups excluding carboxylic acids is 1. The van der Waals surface area contributed by atoms with E-state index in [0.717, 1.165) is 19.5 Å². The van der Waals surface area contributed by atoms with E-state index in [-0.39, 0.29) is 11.5 Å². The lowest BCUT2D eigenvalue weighted by Crippen LogP contribution is -2.40. The van der Waals surface area contributed by atoms with E-state index >= 15 is 0 Å². The molecular weight excluding hydrogens is 364 g/mol. The van der Waals surface area contributed by atoms with Gasteiger partial charge in [-0.3, -0.25) is 19.1 Å². The fraction of sp³-hybridized carbons (Fsp3) is 0.526. The molecule has 2 N–H and O–H groups in total. The summed E-state index contributed by atoms with van der Waals surface area (Å²) < 4.78 is 6.82. The lowest BCUT2D eigenvalue weighted by Gasteiger charge is -2.22. The van der Waals surface area contributed by atoms with Crippen LogP contribution in [0.1, 0.15) is 30.1 Å². The summed E-state index contributed by atoms with van der Waals surface area (Å²) in [5, 5.41) is 3.52. The summed E-state index contributed by atoms with van der Waals surface area (Å²) in [6.07, 6.45) is 2.29. The average molecular weight is 391 g/mol. The van der Waals surface area contributed by atoms with Gasteiger partial charge >= 0.3 is 0 Å². The molecular formula is C19H26N4O3S. The number of nitrogens with zero attached hydrogens (tertiary/aromatic N) is 2. The van der Waals surface area contributed by atoms with Crippen molar-refractivity contribution >= 4 is 29.0 Å². The quantitative estimate of drug-likeness (QED) is 0.706. The van der Waals surface area contributed by atoms with Crippen molar-refractivity contribution in [3.63, 3.8) is 0 Å². The number of ether oxygens (including phenoxy) is 1. The number of aromatic nitrogens is 2. The lowest BCUT2D eigenvalue weighted by atomic mass is 10.1. The van der Waals surface area contributed by atoms with Gasteiger partial charge in [0, 0.05) is 25.3 Å². The van der Waals surface area contributed by atoms with Gasteiger partial charge in [-0.2, -0.15) is 0 Å². The van der Waals surface area contributed by atoms with E-state index in [2.05, 4.69) is 22.1 Å². The number of H-pyrrole nitrogens is 1. The van der Waals surface area contributed by atoms with Gasteiger partial charge in [0.2, 0.25) is 0 Å². The summed E-state index contributed by atoms with van der Waals surface area (Å²) in [4.78, 5) is 30.6. The van der Waals surface area contributed by atoms with Crippen molar-refractivity contribution in [2.45, 2.75) is 32.4 Å². The molecule has 146 valence electrons. The van der Waals surface area contributed by atoms with E-state index in [9.17, 15) is 9.59 Å². The Kier molecular flexibility index (Phi) is 6.41. The van der Waals surface area contributed by atoms with Gasteiger partial charge < -0.3 is 15.0 Å². The summed E-state index contributed by atoms with van der Waals surface area (Å²) in [6, 6.07) is 5.45. The number of aromatic amines is 1. The Labute approximate surface area is 163 Å². The molecule has 1 unspecified atom stereocenters. The predicted molar refractivity (Wildman–Crippen MR) is 108 cm³/mol. The van der Waals surface area contributed by atoms with Crippen LogP contribution in [0.4, 0.5) is 0 Å². The Morgan fingerprint density at radius 3 is 3.00 bits per heavy atom. The molecule has 1 aliphatic rings. The number of methoxy groups -OCH3 is 1. The largest absolute Gasteiger partial charge is 0.383 e. The Hall–Kier alpha value is -2.03. The second-order valence-electron chi connectivity index (χ2n) is 6.77. The molecule has 7 nitrogen and oxygen atoms in total. The van der Waals surface area contributed by atoms with Crippen molar-refractivity contribution in [3.8, 4) is 0 Å². The van der Waals surface area contributed by atoms with Crippen LogP contribution in [0.5, 0.6) is 0 Å². The molecule has 27 heavy (non-hydrogen) atoms. The average Bonchev–Trinajstić information content (AvgIpc) is 3.13. The highest BCUT2D eigenvalue weighted by molar-refractivity contribution is 7.71. The van der Waals surface area contributed by atoms with E-state index in [1.165, 1.54) is 11.0 Å². The summed E-state index contributed by atoms with van der Waals surface area (Å²) >= 11 is 5.29. The van der Waals surface area contributed by atoms with Gasteiger partial charge in [0.25, 0.3) is 11.5 Å². The fourth-order valence-electron chi connectivity index (χ4n) is 3.64. The molecule has 1 fully saturated rings. The Balaban J connectivity index is 1.79. The Bertz CT molecular complexity index is 937. The van der Waals surface area contributed by atoms with Crippen LogP contribution in [-0.2, 0) is 11.3 Å². The number of likely N-dealkylation sites (N-methyl/N-ethyl adjacent to an activating group) is 1. The van der Waals surface area contributed by atoms with Crippen molar-refractivity contribution in [3.05, 3.63) is 38.9 Å². The Morgan fingerprint density at radius 2 is 2.26 bits per heavy atom. The number of nitrogens with one attached hydrogen (secondary N) is 2. The van der Waals surface area contributed by atoms with Gasteiger partial charge in [0.1, 0.15) is 0 Å². The highest BCUT2D eigenvalue weighted by Crippen LogP contribution is 2.16. The predicted octanol–water partition coefficient (Wildman–Crippen LogP) is 1.92. The van der Waals surface area contributed by atoms with Crippen molar-refractivity contribution in [2.75, 3.05) is 33.4 Å². The molecule has 0 aliphatic carbocycles. The molecule has 1 amide bonds. The molecule has 0 spiro atoms. The summed E-state index contributed by atoms with van der Waals surface area (Å²) in [5.74, 6) is -0.136. The summed E-state index contributed by atoms with van der Waals surface area (Å²) in [6.45, 7) is 5.67. The van der Waals surface area contributed by atoms with E-state index < -0.39 is 0 Å². The minimum Gasteiger partial charge on any atom is -0.383 e. The number of carbonyl (C=O) groups is 1. The van der Waals surface area contributed by atoms with Crippen molar-refractivity contribution in [1.82, 2.24) is 19.8 Å². The van der Waals surface area contributed by atoms with Crippen LogP contribution < -0.4 is 10.9 Å². The second-order valence-corrected chi connectivity index (χ2v) is 7.16. The molecule has 1 aromatic carbocycles. The summed E-state index contributed by atoms with van der Waals surface area (Å²) in [7, 11) is 1.58. The van der Waals surface area contributed by atoms with Crippen LogP contribution in [0, 0.1) is 4.77 Å². The van der Waals surface area contributed by atoms with Gasteiger partial charge in [-0.1, -0.05) is 6.92 Å².